The van der Waals surface area contributed by atoms with Crippen molar-refractivity contribution in [3.63, 3.8) is 0 Å². The maximum Gasteiger partial charge on any atom is 0.471 e. The topological polar surface area (TPSA) is 597 Å². The highest BCUT2D eigenvalue weighted by molar-refractivity contribution is 7.73. The number of nitrogens with one attached hydrogen (secondary N) is 7. The molecule has 0 aliphatic carbocycles. The van der Waals surface area contributed by atoms with E-state index in [1.807, 2.05) is 43.6 Å². The molecule has 0 saturated carbocycles. The number of aliphatic hydroxyl groups is 10. The van der Waals surface area contributed by atoms with Crippen LogP contribution in [-0.4, -0.2) is 391 Å². The maximum atomic E-state index is 13.2. The Hall–Kier alpha value is -7.44. The number of aryl methyl sites for hydroxylation is 1. The van der Waals surface area contributed by atoms with Crippen LogP contribution in [0.25, 0.3) is 0 Å². The Balaban J connectivity index is 0.000000271. The largest absolute Gasteiger partial charge is 0.471 e. The average Bonchev–Trinajstić information content (AvgIpc) is 1.46. The molecule has 3 amide bonds. The smallest absolute Gasteiger partial charge is 0.459 e. The second kappa shape index (κ2) is 49.6. The summed E-state index contributed by atoms with van der Waals surface area (Å²) in [6, 6.07) is 0. The zero-order chi connectivity index (χ0) is 107. The zero-order valence-electron chi connectivity index (χ0n) is 81.1. The van der Waals surface area contributed by atoms with Crippen molar-refractivity contribution in [2.45, 2.75) is 240 Å². The SMILES string of the molecule is C=P(C)(C)CCC1O[C@@H](n2cc(CC)c(=O)[nH]c2=S)[C@H](O)[C@@H]1O.C=P(C)(C)CCC1O[C@@H](n2cc(CN(C)C(=O)C(F)(F)F)c(=O)[nH]c2=O)[C@H](O)[C@@H]1O.C=P(C)(C)CCC1O[C@@H](n2cc(CN(CC(=O)OC(C)(C)C)C(=O)C(F)(F)F)c(=O)[nH]c2=O)[C@H](O)[C@@H]1O.C=P(C)(C)CCC1O[C@@H](n2cc(CNC(C)=O)c(=O)[nH]c2=S)[C@H](O)[C@@H]1O.C=P(C)(C)CCC1O[C@@H](n2cc(CNC)c(=O)[nH]c2=O)[C@H](O)[C@@H]1O. The molecule has 0 aromatic carbocycles. The predicted octanol–water partition coefficient (Wildman–Crippen LogP) is 0.685. The minimum atomic E-state index is -5.37. The normalized spacial score (nSPS) is 25.5. The Kier molecular flexibility index (Phi) is 43.0. The van der Waals surface area contributed by atoms with Gasteiger partial charge in [0.15, 0.2) is 40.7 Å². The second-order valence-electron chi connectivity index (χ2n) is 39.3. The standard InChI is InChI=1S/C22H33F3N3O8P.C17H25F3N3O6P.C16H26N3O5PS.C15H26N3O5P.C15H25N2O4PS/c1-21(2,3)36-14(29)11-27(19(33)22(23,24)25)9-12-10-28(20(34)26-17(12)32)18-16(31)15(30)13(35-18)7-8-37(4,5)6;1-22(15(27)17(18,19)20)7-9-8-23(16(28)21-13(9)26)14-12(25)11(24)10(29-14)5-6-30(2,3)4;1-9(20)17-7-10-8-19(16(26)18-14(10)23)15-13(22)12(21)11(24-15)5-6-25(2,3)4;1-16-7-9-8-18(15(22)17-13(9)21)14-12(20)11(19)10(23-14)5-6-24(2,3)4;1-5-9-8-17(15(23)16-13(9)20)14-12(19)11(18)10(21-14)6-7-22(2,3)4/h10,13,15-16,18,30-31H,4,7-9,11H2,1-3,5-6H3,(H,26,32,34);8,10-12,14,24-25H,2,5-7H2,1,3-4H3,(H,21,26,28);8,11-13,15,21-22H,2,5-7H2,1,3-4H3,(H,17,20)(H,18,23,26);8,10-12,14,16,19-20H,2,5-7H2,1,3-4H3,(H,17,21,22);8,10-12,14,18-19H,2,5-7H2,1,3-4H3,(H,16,20,23)/t13?,15-,16-,18-;10?,11-,12-,14-;11?,12-,13-,15-;2*10?,11-,12-,14-/m11111/s1. The number of amides is 3. The van der Waals surface area contributed by atoms with E-state index in [0.717, 1.165) is 51.6 Å². The number of esters is 1. The van der Waals surface area contributed by atoms with Crippen molar-refractivity contribution in [1.29, 1.82) is 0 Å². The number of hydrogen-bond acceptors (Lipinski definition) is 31. The summed E-state index contributed by atoms with van der Waals surface area (Å²) in [5.74, 6) is -5.98. The quantitative estimate of drug-likeness (QED) is 0.0126. The van der Waals surface area contributed by atoms with E-state index < -0.39 is 257 Å². The molecule has 140 heavy (non-hydrogen) atoms. The van der Waals surface area contributed by atoms with Crippen molar-refractivity contribution in [2.24, 2.45) is 0 Å². The molecule has 5 aromatic rings. The summed E-state index contributed by atoms with van der Waals surface area (Å²) in [6.07, 6.45) is 1.73. The molecule has 55 heteroatoms. The predicted molar refractivity (Wildman–Crippen MR) is 532 cm³/mol. The molecule has 5 aliphatic heterocycles. The van der Waals surface area contributed by atoms with Crippen LogP contribution in [0, 0.1) is 9.54 Å². The van der Waals surface area contributed by atoms with Gasteiger partial charge in [0, 0.05) is 69.2 Å². The zero-order valence-corrected chi connectivity index (χ0v) is 87.2. The Labute approximate surface area is 812 Å². The lowest BCUT2D eigenvalue weighted by molar-refractivity contribution is -0.188. The van der Waals surface area contributed by atoms with Crippen LogP contribution in [0.3, 0.4) is 0 Å². The first kappa shape index (κ1) is 121. The molecule has 792 valence electrons. The van der Waals surface area contributed by atoms with Crippen molar-refractivity contribution < 1.29 is 125 Å². The van der Waals surface area contributed by atoms with E-state index in [9.17, 15) is 135 Å². The van der Waals surface area contributed by atoms with Gasteiger partial charge in [-0.25, -0.2) is 14.4 Å². The third-order valence-corrected chi connectivity index (χ3v) is 30.2. The van der Waals surface area contributed by atoms with Crippen molar-refractivity contribution in [3.05, 3.63) is 152 Å². The van der Waals surface area contributed by atoms with Crippen molar-refractivity contribution >= 4 is 114 Å². The highest BCUT2D eigenvalue weighted by Gasteiger charge is 2.51. The first-order valence-corrected chi connectivity index (χ1v) is 60.1. The van der Waals surface area contributed by atoms with Crippen LogP contribution in [0.15, 0.2) is 69.3 Å². The van der Waals surface area contributed by atoms with Gasteiger partial charge >= 0.3 is 47.2 Å². The molecule has 10 heterocycles. The van der Waals surface area contributed by atoms with Gasteiger partial charge in [-0.1, -0.05) is 6.92 Å². The fourth-order valence-electron chi connectivity index (χ4n) is 14.7. The van der Waals surface area contributed by atoms with E-state index in [1.54, 1.807) is 13.2 Å². The van der Waals surface area contributed by atoms with Crippen LogP contribution < -0.4 is 55.5 Å². The molecule has 0 spiro atoms. The molecule has 10 rings (SSSR count). The summed E-state index contributed by atoms with van der Waals surface area (Å²) in [4.78, 5) is 155. The lowest BCUT2D eigenvalue weighted by atomic mass is 10.1. The molecule has 0 bridgehead atoms. The molecular weight excluding hydrogens is 2000 g/mol. The number of rotatable bonds is 31. The van der Waals surface area contributed by atoms with E-state index in [-0.39, 0.29) is 55.0 Å². The van der Waals surface area contributed by atoms with E-state index in [4.69, 9.17) is 52.9 Å². The van der Waals surface area contributed by atoms with Crippen LogP contribution in [0.2, 0.25) is 0 Å². The first-order chi connectivity index (χ1) is 64.1. The molecule has 5 fully saturated rings. The number of aliphatic hydroxyl groups excluding tert-OH is 10. The molecule has 42 nitrogen and oxygen atoms in total. The van der Waals surface area contributed by atoms with Gasteiger partial charge in [0.2, 0.25) is 5.91 Å². The van der Waals surface area contributed by atoms with Crippen LogP contribution in [0.4, 0.5) is 26.3 Å². The average molecular weight is 2130 g/mol. The van der Waals surface area contributed by atoms with Crippen LogP contribution >= 0.6 is 58.9 Å². The highest BCUT2D eigenvalue weighted by atomic mass is 32.1. The summed E-state index contributed by atoms with van der Waals surface area (Å²) >= 11 is 10.3. The fraction of sp³-hybridized carbons (Fsp3) is 0.659. The monoisotopic (exact) mass is 2130 g/mol. The summed E-state index contributed by atoms with van der Waals surface area (Å²) in [6.45, 7) is 18.8. The Morgan fingerprint density at radius 2 is 0.679 bits per heavy atom. The summed E-state index contributed by atoms with van der Waals surface area (Å²) < 4.78 is 117. The van der Waals surface area contributed by atoms with Gasteiger partial charge < -0.3 is 99.9 Å². The second-order valence-corrected chi connectivity index (χ2v) is 61.6. The van der Waals surface area contributed by atoms with Crippen LogP contribution in [0.1, 0.15) is 126 Å². The molecule has 0 radical (unpaired) electrons. The fourth-order valence-corrected chi connectivity index (χ4v) is 20.0. The van der Waals surface area contributed by atoms with Gasteiger partial charge in [0.05, 0.1) is 60.3 Å². The third-order valence-electron chi connectivity index (χ3n) is 22.3. The van der Waals surface area contributed by atoms with Crippen LogP contribution in [-0.2, 0) is 80.2 Å². The van der Waals surface area contributed by atoms with E-state index in [0.29, 0.717) is 62.0 Å². The number of carbonyl (C=O) groups excluding carboxylic acids is 4. The van der Waals surface area contributed by atoms with Gasteiger partial charge in [-0.2, -0.15) is 26.3 Å². The number of aromatic nitrogens is 10. The minimum Gasteiger partial charge on any atom is -0.459 e. The molecule has 5 aromatic heterocycles. The van der Waals surface area contributed by atoms with Crippen molar-refractivity contribution in [2.75, 3.05) is 118 Å². The number of aromatic amines is 5. The molecule has 5 saturated heterocycles. The van der Waals surface area contributed by atoms with Crippen molar-refractivity contribution in [3.8, 4) is 0 Å². The Morgan fingerprint density at radius 1 is 0.421 bits per heavy atom. The van der Waals surface area contributed by atoms with E-state index in [1.165, 1.54) is 49.2 Å². The molecule has 17 N–H and O–H groups in total. The third kappa shape index (κ3) is 35.2. The number of halogens is 6. The lowest BCUT2D eigenvalue weighted by Gasteiger charge is -2.26. The maximum absolute atomic E-state index is 13.2. The number of H-pyrrole nitrogens is 5. The van der Waals surface area contributed by atoms with Crippen molar-refractivity contribution in [1.82, 2.24) is 68.2 Å². The Morgan fingerprint density at radius 3 is 0.957 bits per heavy atom. The van der Waals surface area contributed by atoms with Crippen LogP contribution in [0.5, 0.6) is 0 Å². The molecule has 20 atom stereocenters. The summed E-state index contributed by atoms with van der Waals surface area (Å²) in [5.41, 5.74) is -6.66. The minimum absolute atomic E-state index is 0.0231. The molecular formula is C85H135F6N14O28P5S2. The molecule has 5 unspecified atom stereocenters. The number of carbonyl (C=O) groups is 4. The van der Waals surface area contributed by atoms with Gasteiger partial charge in [0.25, 0.3) is 27.8 Å². The number of alkyl halides is 6. The lowest BCUT2D eigenvalue weighted by Crippen LogP contribution is -2.46. The van der Waals surface area contributed by atoms with Gasteiger partial charge in [-0.3, -0.25) is 90.9 Å². The van der Waals surface area contributed by atoms with E-state index >= 15 is 0 Å². The van der Waals surface area contributed by atoms with Gasteiger partial charge in [-0.05, 0) is 188 Å². The first-order valence-electron chi connectivity index (χ1n) is 44.0. The number of hydrogen-bond donors (Lipinski definition) is 17. The number of nitrogens with zero attached hydrogens (tertiary/aromatic N) is 7. The summed E-state index contributed by atoms with van der Waals surface area (Å²) in [7, 11) is 2.54. The number of ether oxygens (including phenoxy) is 6. The highest BCUT2D eigenvalue weighted by Crippen LogP contribution is 2.45. The van der Waals surface area contributed by atoms with Gasteiger partial charge in [-0.15, -0.1) is 65.9 Å². The van der Waals surface area contributed by atoms with Gasteiger partial charge in [0.1, 0.15) is 73.2 Å². The summed E-state index contributed by atoms with van der Waals surface area (Å²) in [5, 5.41) is 109. The molecule has 5 aliphatic rings. The Bertz CT molecular complexity index is 6090. The van der Waals surface area contributed by atoms with E-state index in [2.05, 4.69) is 97.1 Å².